The van der Waals surface area contributed by atoms with Crippen LogP contribution in [0, 0.1) is 0 Å². The molecule has 2 aliphatic heterocycles. The maximum atomic E-state index is 12.8. The molecule has 0 bridgehead atoms. The van der Waals surface area contributed by atoms with E-state index in [9.17, 15) is 4.79 Å². The summed E-state index contributed by atoms with van der Waals surface area (Å²) in [6, 6.07) is 17.3. The van der Waals surface area contributed by atoms with E-state index in [4.69, 9.17) is 14.2 Å². The van der Waals surface area contributed by atoms with Crippen LogP contribution in [0.25, 0.3) is 6.08 Å². The van der Waals surface area contributed by atoms with Crippen LogP contribution in [0.3, 0.4) is 0 Å². The number of hydrogen-bond donors (Lipinski definition) is 0. The van der Waals surface area contributed by atoms with Crippen LogP contribution < -0.4 is 14.2 Å². The standard InChI is InChI=1S/C25H22N2O4/c1-29-19-7-5-17(6-8-19)11-13-27-15-21-22(30-16-27)10-9-20-24(28)23(31-25(20)21)14-18-4-2-3-12-26-18/h2-10,12,14H,11,13,15-16H2,1H3/b23-14-. The summed E-state index contributed by atoms with van der Waals surface area (Å²) >= 11 is 0. The third-order valence-electron chi connectivity index (χ3n) is 5.52. The zero-order valence-electron chi connectivity index (χ0n) is 17.2. The molecule has 0 aliphatic carbocycles. The van der Waals surface area contributed by atoms with Gasteiger partial charge in [-0.25, -0.2) is 0 Å². The minimum Gasteiger partial charge on any atom is -0.497 e. The summed E-state index contributed by atoms with van der Waals surface area (Å²) in [4.78, 5) is 19.3. The second kappa shape index (κ2) is 8.24. The molecule has 0 radical (unpaired) electrons. The molecule has 0 unspecified atom stereocenters. The minimum atomic E-state index is -0.126. The van der Waals surface area contributed by atoms with E-state index in [0.717, 1.165) is 30.0 Å². The van der Waals surface area contributed by atoms with Crippen molar-refractivity contribution in [2.24, 2.45) is 0 Å². The van der Waals surface area contributed by atoms with Gasteiger partial charge in [-0.15, -0.1) is 0 Å². The van der Waals surface area contributed by atoms with Crippen molar-refractivity contribution in [3.63, 3.8) is 0 Å². The van der Waals surface area contributed by atoms with Gasteiger partial charge in [0.2, 0.25) is 5.78 Å². The Morgan fingerprint density at radius 1 is 1.13 bits per heavy atom. The van der Waals surface area contributed by atoms with Gasteiger partial charge in [-0.3, -0.25) is 14.7 Å². The largest absolute Gasteiger partial charge is 0.497 e. The number of ether oxygens (including phenoxy) is 3. The SMILES string of the molecule is COc1ccc(CCN2COc3ccc4c(c3C2)O/C(=C\c2ccccn2)C4=O)cc1. The van der Waals surface area contributed by atoms with Crippen molar-refractivity contribution in [2.45, 2.75) is 13.0 Å². The van der Waals surface area contributed by atoms with Gasteiger partial charge >= 0.3 is 0 Å². The van der Waals surface area contributed by atoms with Gasteiger partial charge in [0.05, 0.1) is 23.9 Å². The number of rotatable bonds is 5. The molecule has 3 heterocycles. The number of nitrogens with zero attached hydrogens (tertiary/aromatic N) is 2. The van der Waals surface area contributed by atoms with Crippen LogP contribution in [0.15, 0.2) is 66.6 Å². The maximum Gasteiger partial charge on any atom is 0.232 e. The highest BCUT2D eigenvalue weighted by molar-refractivity contribution is 6.14. The highest BCUT2D eigenvalue weighted by atomic mass is 16.5. The highest BCUT2D eigenvalue weighted by Gasteiger charge is 2.33. The molecule has 5 rings (SSSR count). The highest BCUT2D eigenvalue weighted by Crippen LogP contribution is 2.41. The Bertz CT molecular complexity index is 1140. The molecule has 0 atom stereocenters. The molecule has 2 aromatic carbocycles. The van der Waals surface area contributed by atoms with Crippen molar-refractivity contribution in [1.82, 2.24) is 9.88 Å². The van der Waals surface area contributed by atoms with Crippen molar-refractivity contribution in [2.75, 3.05) is 20.4 Å². The molecule has 6 heteroatoms. The summed E-state index contributed by atoms with van der Waals surface area (Å²) < 4.78 is 17.2. The van der Waals surface area contributed by atoms with Crippen LogP contribution in [0.4, 0.5) is 0 Å². The predicted molar refractivity (Wildman–Crippen MR) is 116 cm³/mol. The topological polar surface area (TPSA) is 60.9 Å². The minimum absolute atomic E-state index is 0.126. The molecular weight excluding hydrogens is 392 g/mol. The zero-order chi connectivity index (χ0) is 21.2. The number of aromatic nitrogens is 1. The van der Waals surface area contributed by atoms with Crippen molar-refractivity contribution in [3.8, 4) is 17.2 Å². The second-order valence-corrected chi connectivity index (χ2v) is 7.54. The summed E-state index contributed by atoms with van der Waals surface area (Å²) in [6.45, 7) is 2.01. The fraction of sp³-hybridized carbons (Fsp3) is 0.200. The van der Waals surface area contributed by atoms with Gasteiger partial charge in [-0.05, 0) is 48.4 Å². The third kappa shape index (κ3) is 3.90. The van der Waals surface area contributed by atoms with Gasteiger partial charge in [-0.1, -0.05) is 18.2 Å². The number of carbonyl (C=O) groups is 1. The van der Waals surface area contributed by atoms with Crippen LogP contribution in [0.1, 0.15) is 27.2 Å². The second-order valence-electron chi connectivity index (χ2n) is 7.54. The molecule has 0 fully saturated rings. The molecule has 1 aromatic heterocycles. The van der Waals surface area contributed by atoms with E-state index in [-0.39, 0.29) is 11.5 Å². The van der Waals surface area contributed by atoms with Crippen LogP contribution in [-0.2, 0) is 13.0 Å². The van der Waals surface area contributed by atoms with Gasteiger partial charge < -0.3 is 14.2 Å². The fourth-order valence-corrected chi connectivity index (χ4v) is 3.82. The summed E-state index contributed by atoms with van der Waals surface area (Å²) in [5, 5.41) is 0. The lowest BCUT2D eigenvalue weighted by Gasteiger charge is -2.29. The Balaban J connectivity index is 1.33. The summed E-state index contributed by atoms with van der Waals surface area (Å²) in [5.74, 6) is 2.38. The number of Topliss-reactive ketones (excluding diaryl/α,β-unsaturated/α-hetero) is 1. The number of allylic oxidation sites excluding steroid dienone is 1. The van der Waals surface area contributed by atoms with Crippen LogP contribution in [0.5, 0.6) is 17.2 Å². The number of ketones is 1. The van der Waals surface area contributed by atoms with E-state index in [0.29, 0.717) is 30.3 Å². The van der Waals surface area contributed by atoms with E-state index in [2.05, 4.69) is 22.0 Å². The van der Waals surface area contributed by atoms with Crippen molar-refractivity contribution in [1.29, 1.82) is 0 Å². The van der Waals surface area contributed by atoms with Crippen molar-refractivity contribution in [3.05, 3.63) is 88.9 Å². The van der Waals surface area contributed by atoms with Gasteiger partial charge in [0.25, 0.3) is 0 Å². The summed E-state index contributed by atoms with van der Waals surface area (Å²) in [6.07, 6.45) is 4.26. The zero-order valence-corrected chi connectivity index (χ0v) is 17.2. The number of fused-ring (bicyclic) bond motifs is 3. The first kappa shape index (κ1) is 19.3. The normalized spacial score (nSPS) is 16.4. The lowest BCUT2D eigenvalue weighted by molar-refractivity contribution is 0.0949. The molecule has 0 N–H and O–H groups in total. The average molecular weight is 414 g/mol. The van der Waals surface area contributed by atoms with E-state index < -0.39 is 0 Å². The molecule has 6 nitrogen and oxygen atoms in total. The quantitative estimate of drug-likeness (QED) is 0.586. The Morgan fingerprint density at radius 2 is 2.00 bits per heavy atom. The van der Waals surface area contributed by atoms with Gasteiger partial charge in [0.1, 0.15) is 24.0 Å². The molecule has 31 heavy (non-hydrogen) atoms. The first-order chi connectivity index (χ1) is 15.2. The fourth-order valence-electron chi connectivity index (χ4n) is 3.82. The summed E-state index contributed by atoms with van der Waals surface area (Å²) in [7, 11) is 1.67. The number of pyridine rings is 1. The monoisotopic (exact) mass is 414 g/mol. The van der Waals surface area contributed by atoms with E-state index >= 15 is 0 Å². The molecule has 3 aromatic rings. The molecule has 0 spiro atoms. The van der Waals surface area contributed by atoms with Gasteiger partial charge in [0, 0.05) is 25.4 Å². The Hall–Kier alpha value is -3.64. The van der Waals surface area contributed by atoms with Crippen LogP contribution in [0.2, 0.25) is 0 Å². The first-order valence-electron chi connectivity index (χ1n) is 10.2. The van der Waals surface area contributed by atoms with E-state index in [1.165, 1.54) is 5.56 Å². The van der Waals surface area contributed by atoms with E-state index in [1.807, 2.05) is 36.4 Å². The predicted octanol–water partition coefficient (Wildman–Crippen LogP) is 4.10. The molecule has 0 saturated carbocycles. The van der Waals surface area contributed by atoms with Gasteiger partial charge in [0.15, 0.2) is 5.76 Å². The Morgan fingerprint density at radius 3 is 2.77 bits per heavy atom. The molecule has 2 aliphatic rings. The van der Waals surface area contributed by atoms with Crippen LogP contribution >= 0.6 is 0 Å². The molecule has 0 saturated heterocycles. The molecule has 0 amide bonds. The molecule has 156 valence electrons. The Labute approximate surface area is 180 Å². The van der Waals surface area contributed by atoms with E-state index in [1.54, 1.807) is 25.4 Å². The number of hydrogen-bond acceptors (Lipinski definition) is 6. The van der Waals surface area contributed by atoms with Crippen molar-refractivity contribution >= 4 is 11.9 Å². The van der Waals surface area contributed by atoms with Crippen LogP contribution in [-0.4, -0.2) is 36.1 Å². The number of methoxy groups -OCH3 is 1. The number of carbonyl (C=O) groups excluding carboxylic acids is 1. The summed E-state index contributed by atoms with van der Waals surface area (Å²) in [5.41, 5.74) is 3.40. The molecular formula is C25H22N2O4. The van der Waals surface area contributed by atoms with Gasteiger partial charge in [-0.2, -0.15) is 0 Å². The average Bonchev–Trinajstić information content (AvgIpc) is 3.14. The lowest BCUT2D eigenvalue weighted by Crippen LogP contribution is -2.33. The maximum absolute atomic E-state index is 12.8. The third-order valence-corrected chi connectivity index (χ3v) is 5.52. The first-order valence-corrected chi connectivity index (χ1v) is 10.2. The van der Waals surface area contributed by atoms with Crippen molar-refractivity contribution < 1.29 is 19.0 Å². The smallest absolute Gasteiger partial charge is 0.232 e. The number of benzene rings is 2. The lowest BCUT2D eigenvalue weighted by atomic mass is 10.0. The Kier molecular flexibility index (Phi) is 5.14.